The molecule has 1 atom stereocenters. The third kappa shape index (κ3) is 4.43. The zero-order chi connectivity index (χ0) is 18.4. The van der Waals surface area contributed by atoms with Crippen molar-refractivity contribution in [2.24, 2.45) is 0 Å². The highest BCUT2D eigenvalue weighted by Gasteiger charge is 2.15. The second-order valence-corrected chi connectivity index (χ2v) is 5.97. The summed E-state index contributed by atoms with van der Waals surface area (Å²) in [5, 5.41) is 6.12. The monoisotopic (exact) mass is 357 g/mol. The van der Waals surface area contributed by atoms with Crippen molar-refractivity contribution >= 4 is 17.3 Å². The van der Waals surface area contributed by atoms with Crippen LogP contribution in [0.15, 0.2) is 36.5 Å². The highest BCUT2D eigenvalue weighted by Crippen LogP contribution is 2.29. The number of pyridine rings is 1. The second kappa shape index (κ2) is 8.53. The summed E-state index contributed by atoms with van der Waals surface area (Å²) in [5.74, 6) is 0.854. The van der Waals surface area contributed by atoms with Crippen molar-refractivity contribution in [1.29, 1.82) is 0 Å². The standard InChI is InChI=1S/C19H23N3O4/c1-24-17-6-5-14(11-18(17)25-2)22-19(23)16-10-13(7-8-20-16)21-12-15-4-3-9-26-15/h5-8,10-11,15H,3-4,9,12H2,1-2H3,(H,20,21)(H,22,23). The molecule has 1 aliphatic rings. The molecule has 1 saturated heterocycles. The fourth-order valence-electron chi connectivity index (χ4n) is 2.81. The minimum absolute atomic E-state index is 0.229. The molecule has 2 aromatic rings. The van der Waals surface area contributed by atoms with Crippen LogP contribution in [0.2, 0.25) is 0 Å². The van der Waals surface area contributed by atoms with Gasteiger partial charge in [0, 0.05) is 36.8 Å². The molecular formula is C19H23N3O4. The number of hydrogen-bond acceptors (Lipinski definition) is 6. The number of rotatable bonds is 7. The Morgan fingerprint density at radius 1 is 1.19 bits per heavy atom. The van der Waals surface area contributed by atoms with Crippen molar-refractivity contribution in [2.45, 2.75) is 18.9 Å². The first kappa shape index (κ1) is 18.0. The Bertz CT molecular complexity index is 760. The summed E-state index contributed by atoms with van der Waals surface area (Å²) in [5.41, 5.74) is 1.78. The number of carbonyl (C=O) groups excluding carboxylic acids is 1. The average Bonchev–Trinajstić information content (AvgIpc) is 3.20. The van der Waals surface area contributed by atoms with Crippen LogP contribution in [-0.4, -0.2) is 44.4 Å². The number of aromatic nitrogens is 1. The van der Waals surface area contributed by atoms with Crippen molar-refractivity contribution in [1.82, 2.24) is 4.98 Å². The van der Waals surface area contributed by atoms with Gasteiger partial charge in [0.05, 0.1) is 20.3 Å². The van der Waals surface area contributed by atoms with Crippen molar-refractivity contribution in [2.75, 3.05) is 38.0 Å². The average molecular weight is 357 g/mol. The molecule has 1 amide bonds. The molecule has 7 heteroatoms. The van der Waals surface area contributed by atoms with Crippen LogP contribution in [0.25, 0.3) is 0 Å². The molecule has 2 N–H and O–H groups in total. The highest BCUT2D eigenvalue weighted by molar-refractivity contribution is 6.03. The van der Waals surface area contributed by atoms with Crippen LogP contribution in [0.1, 0.15) is 23.3 Å². The van der Waals surface area contributed by atoms with Gasteiger partial charge >= 0.3 is 0 Å². The van der Waals surface area contributed by atoms with Crippen LogP contribution in [0.5, 0.6) is 11.5 Å². The predicted octanol–water partition coefficient (Wildman–Crippen LogP) is 2.94. The molecule has 7 nitrogen and oxygen atoms in total. The lowest BCUT2D eigenvalue weighted by Crippen LogP contribution is -2.19. The van der Waals surface area contributed by atoms with E-state index in [1.165, 1.54) is 0 Å². The number of benzene rings is 1. The number of hydrogen-bond donors (Lipinski definition) is 2. The first-order chi connectivity index (χ1) is 12.7. The van der Waals surface area contributed by atoms with Crippen molar-refractivity contribution in [3.8, 4) is 11.5 Å². The first-order valence-corrected chi connectivity index (χ1v) is 8.54. The van der Waals surface area contributed by atoms with E-state index in [2.05, 4.69) is 15.6 Å². The topological polar surface area (TPSA) is 81.7 Å². The van der Waals surface area contributed by atoms with Crippen molar-refractivity contribution in [3.05, 3.63) is 42.2 Å². The molecule has 3 rings (SSSR count). The Hall–Kier alpha value is -2.80. The normalized spacial score (nSPS) is 16.2. The number of anilines is 2. The van der Waals surface area contributed by atoms with E-state index in [-0.39, 0.29) is 12.0 Å². The molecule has 1 aromatic heterocycles. The van der Waals surface area contributed by atoms with E-state index in [1.807, 2.05) is 6.07 Å². The van der Waals surface area contributed by atoms with Gasteiger partial charge in [0.25, 0.3) is 5.91 Å². The Morgan fingerprint density at radius 3 is 2.77 bits per heavy atom. The molecule has 0 radical (unpaired) electrons. The molecule has 1 aromatic carbocycles. The minimum Gasteiger partial charge on any atom is -0.493 e. The number of ether oxygens (including phenoxy) is 3. The Kier molecular flexibility index (Phi) is 5.91. The van der Waals surface area contributed by atoms with Crippen LogP contribution in [-0.2, 0) is 4.74 Å². The lowest BCUT2D eigenvalue weighted by Gasteiger charge is -2.13. The van der Waals surface area contributed by atoms with E-state index in [0.29, 0.717) is 22.9 Å². The largest absolute Gasteiger partial charge is 0.493 e. The summed E-state index contributed by atoms with van der Waals surface area (Å²) >= 11 is 0. The maximum absolute atomic E-state index is 12.5. The van der Waals surface area contributed by atoms with E-state index < -0.39 is 0 Å². The second-order valence-electron chi connectivity index (χ2n) is 5.97. The molecule has 26 heavy (non-hydrogen) atoms. The van der Waals surface area contributed by atoms with Gasteiger partial charge in [-0.05, 0) is 37.1 Å². The molecule has 138 valence electrons. The zero-order valence-corrected chi connectivity index (χ0v) is 15.0. The van der Waals surface area contributed by atoms with Crippen LogP contribution in [0.4, 0.5) is 11.4 Å². The molecule has 1 aliphatic heterocycles. The van der Waals surface area contributed by atoms with E-state index in [1.54, 1.807) is 44.7 Å². The quantitative estimate of drug-likeness (QED) is 0.793. The Morgan fingerprint density at radius 2 is 2.04 bits per heavy atom. The van der Waals surface area contributed by atoms with Gasteiger partial charge in [-0.1, -0.05) is 0 Å². The molecule has 2 heterocycles. The summed E-state index contributed by atoms with van der Waals surface area (Å²) in [6.45, 7) is 1.54. The van der Waals surface area contributed by atoms with E-state index in [9.17, 15) is 4.79 Å². The number of nitrogens with one attached hydrogen (secondary N) is 2. The Labute approximate surface area is 152 Å². The van der Waals surface area contributed by atoms with Gasteiger partial charge in [-0.15, -0.1) is 0 Å². The number of methoxy groups -OCH3 is 2. The van der Waals surface area contributed by atoms with Crippen molar-refractivity contribution < 1.29 is 19.0 Å². The number of amides is 1. The van der Waals surface area contributed by atoms with E-state index in [0.717, 1.165) is 31.7 Å². The maximum atomic E-state index is 12.5. The van der Waals surface area contributed by atoms with Gasteiger partial charge in [-0.2, -0.15) is 0 Å². The summed E-state index contributed by atoms with van der Waals surface area (Å²) in [6, 6.07) is 8.75. The molecular weight excluding hydrogens is 334 g/mol. The molecule has 0 bridgehead atoms. The first-order valence-electron chi connectivity index (χ1n) is 8.54. The van der Waals surface area contributed by atoms with Crippen LogP contribution < -0.4 is 20.1 Å². The summed E-state index contributed by atoms with van der Waals surface area (Å²) in [6.07, 6.45) is 4.00. The van der Waals surface area contributed by atoms with Gasteiger partial charge in [0.2, 0.25) is 0 Å². The van der Waals surface area contributed by atoms with Gasteiger partial charge in [0.15, 0.2) is 11.5 Å². The Balaban J connectivity index is 1.64. The fourth-order valence-corrected chi connectivity index (χ4v) is 2.81. The molecule has 0 spiro atoms. The number of carbonyl (C=O) groups is 1. The number of nitrogens with zero attached hydrogens (tertiary/aromatic N) is 1. The van der Waals surface area contributed by atoms with Crippen LogP contribution >= 0.6 is 0 Å². The van der Waals surface area contributed by atoms with E-state index >= 15 is 0 Å². The van der Waals surface area contributed by atoms with Crippen LogP contribution in [0, 0.1) is 0 Å². The third-order valence-corrected chi connectivity index (χ3v) is 4.19. The summed E-state index contributed by atoms with van der Waals surface area (Å²) < 4.78 is 16.0. The molecule has 0 saturated carbocycles. The smallest absolute Gasteiger partial charge is 0.274 e. The van der Waals surface area contributed by atoms with Gasteiger partial charge in [-0.3, -0.25) is 9.78 Å². The van der Waals surface area contributed by atoms with Gasteiger partial charge < -0.3 is 24.8 Å². The lowest BCUT2D eigenvalue weighted by molar-refractivity contribution is 0.102. The fraction of sp³-hybridized carbons (Fsp3) is 0.368. The SMILES string of the molecule is COc1ccc(NC(=O)c2cc(NCC3CCCO3)ccn2)cc1OC. The minimum atomic E-state index is -0.294. The lowest BCUT2D eigenvalue weighted by atomic mass is 10.2. The molecule has 1 fully saturated rings. The zero-order valence-electron chi connectivity index (χ0n) is 15.0. The predicted molar refractivity (Wildman–Crippen MR) is 99.2 cm³/mol. The molecule has 0 aliphatic carbocycles. The summed E-state index contributed by atoms with van der Waals surface area (Å²) in [7, 11) is 3.11. The third-order valence-electron chi connectivity index (χ3n) is 4.19. The van der Waals surface area contributed by atoms with Crippen LogP contribution in [0.3, 0.4) is 0 Å². The van der Waals surface area contributed by atoms with Gasteiger partial charge in [-0.25, -0.2) is 0 Å². The summed E-state index contributed by atoms with van der Waals surface area (Å²) in [4.78, 5) is 16.6. The van der Waals surface area contributed by atoms with E-state index in [4.69, 9.17) is 14.2 Å². The van der Waals surface area contributed by atoms with Crippen molar-refractivity contribution in [3.63, 3.8) is 0 Å². The molecule has 1 unspecified atom stereocenters. The maximum Gasteiger partial charge on any atom is 0.274 e. The highest BCUT2D eigenvalue weighted by atomic mass is 16.5. The van der Waals surface area contributed by atoms with Gasteiger partial charge in [0.1, 0.15) is 5.69 Å².